The smallest absolute Gasteiger partial charge is 0.286 e. The molecule has 1 atom stereocenters. The standard InChI is InChI=1S/C17H14N2O3S/c1-11-6-5-9-13(10-11)19(16-14(20)18-17(22)23-16)15(21)12-7-3-2-4-8-12/h2-10,16H,1H3,(H,18,20,22). The normalized spacial score (nSPS) is 17.0. The van der Waals surface area contributed by atoms with Gasteiger partial charge in [-0.2, -0.15) is 0 Å². The molecule has 0 bridgehead atoms. The monoisotopic (exact) mass is 326 g/mol. The summed E-state index contributed by atoms with van der Waals surface area (Å²) in [4.78, 5) is 37.9. The van der Waals surface area contributed by atoms with Crippen LogP contribution in [-0.2, 0) is 4.79 Å². The van der Waals surface area contributed by atoms with Crippen molar-refractivity contribution in [2.24, 2.45) is 0 Å². The van der Waals surface area contributed by atoms with Gasteiger partial charge in [0.2, 0.25) is 0 Å². The largest absolute Gasteiger partial charge is 0.288 e. The minimum absolute atomic E-state index is 0.321. The van der Waals surface area contributed by atoms with Crippen molar-refractivity contribution in [3.8, 4) is 0 Å². The minimum Gasteiger partial charge on any atom is -0.286 e. The Kier molecular flexibility index (Phi) is 4.16. The number of nitrogens with one attached hydrogen (secondary N) is 1. The van der Waals surface area contributed by atoms with E-state index in [4.69, 9.17) is 0 Å². The number of carbonyl (C=O) groups excluding carboxylic acids is 3. The first-order valence-corrected chi connectivity index (χ1v) is 7.91. The maximum atomic E-state index is 12.9. The predicted molar refractivity (Wildman–Crippen MR) is 89.3 cm³/mol. The topological polar surface area (TPSA) is 66.5 Å². The van der Waals surface area contributed by atoms with Crippen LogP contribution < -0.4 is 10.2 Å². The van der Waals surface area contributed by atoms with Gasteiger partial charge < -0.3 is 0 Å². The first-order valence-electron chi connectivity index (χ1n) is 7.03. The molecule has 1 heterocycles. The highest BCUT2D eigenvalue weighted by atomic mass is 32.2. The van der Waals surface area contributed by atoms with Crippen LogP contribution in [0.15, 0.2) is 54.6 Å². The van der Waals surface area contributed by atoms with E-state index in [-0.39, 0.29) is 5.91 Å². The van der Waals surface area contributed by atoms with E-state index in [0.29, 0.717) is 11.3 Å². The summed E-state index contributed by atoms with van der Waals surface area (Å²) in [5.41, 5.74) is 2.01. The maximum Gasteiger partial charge on any atom is 0.288 e. The molecular weight excluding hydrogens is 312 g/mol. The van der Waals surface area contributed by atoms with Gasteiger partial charge in [0.15, 0.2) is 5.37 Å². The van der Waals surface area contributed by atoms with Crippen LogP contribution >= 0.6 is 11.8 Å². The maximum absolute atomic E-state index is 12.9. The molecule has 0 spiro atoms. The summed E-state index contributed by atoms with van der Waals surface area (Å²) in [5, 5.41) is 0.878. The first-order chi connectivity index (χ1) is 11.1. The van der Waals surface area contributed by atoms with E-state index in [9.17, 15) is 14.4 Å². The highest BCUT2D eigenvalue weighted by Crippen LogP contribution is 2.30. The summed E-state index contributed by atoms with van der Waals surface area (Å²) >= 11 is 0.811. The van der Waals surface area contributed by atoms with Crippen LogP contribution in [-0.4, -0.2) is 22.4 Å². The zero-order valence-electron chi connectivity index (χ0n) is 12.4. The van der Waals surface area contributed by atoms with Crippen molar-refractivity contribution in [3.63, 3.8) is 0 Å². The summed E-state index contributed by atoms with van der Waals surface area (Å²) in [7, 11) is 0. The Morgan fingerprint density at radius 3 is 2.43 bits per heavy atom. The van der Waals surface area contributed by atoms with Gasteiger partial charge in [0.25, 0.3) is 17.1 Å². The molecule has 6 heteroatoms. The Balaban J connectivity index is 2.05. The van der Waals surface area contributed by atoms with Crippen molar-refractivity contribution >= 4 is 34.5 Å². The molecule has 1 N–H and O–H groups in total. The second kappa shape index (κ2) is 6.26. The van der Waals surface area contributed by atoms with Crippen molar-refractivity contribution in [3.05, 3.63) is 65.7 Å². The van der Waals surface area contributed by atoms with Gasteiger partial charge in [-0.3, -0.25) is 24.6 Å². The Bertz CT molecular complexity index is 776. The number of benzene rings is 2. The van der Waals surface area contributed by atoms with E-state index in [2.05, 4.69) is 5.32 Å². The summed E-state index contributed by atoms with van der Waals surface area (Å²) in [6, 6.07) is 16.0. The van der Waals surface area contributed by atoms with E-state index < -0.39 is 16.5 Å². The number of hydrogen-bond acceptors (Lipinski definition) is 4. The molecule has 1 aliphatic heterocycles. The lowest BCUT2D eigenvalue weighted by molar-refractivity contribution is -0.118. The molecule has 116 valence electrons. The summed E-state index contributed by atoms with van der Waals surface area (Å²) in [6.07, 6.45) is 0. The summed E-state index contributed by atoms with van der Waals surface area (Å²) < 4.78 is 0. The zero-order chi connectivity index (χ0) is 16.4. The number of amides is 3. The van der Waals surface area contributed by atoms with Crippen LogP contribution in [0.5, 0.6) is 0 Å². The number of imide groups is 1. The van der Waals surface area contributed by atoms with Crippen LogP contribution in [0.2, 0.25) is 0 Å². The lowest BCUT2D eigenvalue weighted by Crippen LogP contribution is -2.43. The van der Waals surface area contributed by atoms with Gasteiger partial charge in [0.05, 0.1) is 0 Å². The Morgan fingerprint density at radius 1 is 1.09 bits per heavy atom. The fourth-order valence-corrected chi connectivity index (χ4v) is 3.22. The van der Waals surface area contributed by atoms with Gasteiger partial charge in [-0.05, 0) is 48.5 Å². The Labute approximate surface area is 137 Å². The van der Waals surface area contributed by atoms with E-state index in [1.54, 1.807) is 30.3 Å². The number of anilines is 1. The molecule has 0 saturated carbocycles. The number of hydrogen-bond donors (Lipinski definition) is 1. The molecule has 0 aromatic heterocycles. The lowest BCUT2D eigenvalue weighted by atomic mass is 10.1. The third kappa shape index (κ3) is 3.12. The van der Waals surface area contributed by atoms with Gasteiger partial charge in [-0.15, -0.1) is 0 Å². The second-order valence-electron chi connectivity index (χ2n) is 5.13. The number of thioether (sulfide) groups is 1. The van der Waals surface area contributed by atoms with Crippen molar-refractivity contribution in [1.29, 1.82) is 0 Å². The van der Waals surface area contributed by atoms with Crippen LogP contribution in [0.4, 0.5) is 10.5 Å². The Hall–Kier alpha value is -2.60. The molecule has 3 rings (SSSR count). The molecule has 5 nitrogen and oxygen atoms in total. The van der Waals surface area contributed by atoms with Crippen molar-refractivity contribution in [2.75, 3.05) is 4.90 Å². The molecule has 23 heavy (non-hydrogen) atoms. The van der Waals surface area contributed by atoms with Crippen LogP contribution in [0.3, 0.4) is 0 Å². The average molecular weight is 326 g/mol. The second-order valence-corrected chi connectivity index (χ2v) is 6.18. The fourth-order valence-electron chi connectivity index (χ4n) is 2.37. The number of rotatable bonds is 3. The van der Waals surface area contributed by atoms with Crippen LogP contribution in [0.25, 0.3) is 0 Å². The third-order valence-corrected chi connectivity index (χ3v) is 4.39. The molecule has 1 unspecified atom stereocenters. The molecular formula is C17H14N2O3S. The fraction of sp³-hybridized carbons (Fsp3) is 0.118. The van der Waals surface area contributed by atoms with E-state index >= 15 is 0 Å². The molecule has 2 aromatic carbocycles. The van der Waals surface area contributed by atoms with E-state index in [1.807, 2.05) is 31.2 Å². The molecule has 1 aliphatic rings. The Morgan fingerprint density at radius 2 is 1.83 bits per heavy atom. The quantitative estimate of drug-likeness (QED) is 0.942. The molecule has 3 amide bonds. The average Bonchev–Trinajstić information content (AvgIpc) is 2.87. The first kappa shape index (κ1) is 15.3. The molecule has 2 aromatic rings. The van der Waals surface area contributed by atoms with Gasteiger partial charge in [-0.1, -0.05) is 30.3 Å². The van der Waals surface area contributed by atoms with Gasteiger partial charge in [-0.25, -0.2) is 0 Å². The van der Waals surface area contributed by atoms with Gasteiger partial charge in [0, 0.05) is 11.3 Å². The van der Waals surface area contributed by atoms with E-state index in [0.717, 1.165) is 17.3 Å². The summed E-state index contributed by atoms with van der Waals surface area (Å²) in [5.74, 6) is -0.802. The molecule has 0 aliphatic carbocycles. The third-order valence-electron chi connectivity index (χ3n) is 3.42. The number of aryl methyl sites for hydroxylation is 1. The number of carbonyl (C=O) groups is 3. The highest BCUT2D eigenvalue weighted by molar-refractivity contribution is 8.15. The zero-order valence-corrected chi connectivity index (χ0v) is 13.2. The predicted octanol–water partition coefficient (Wildman–Crippen LogP) is 2.95. The van der Waals surface area contributed by atoms with Gasteiger partial charge >= 0.3 is 0 Å². The van der Waals surface area contributed by atoms with Crippen molar-refractivity contribution < 1.29 is 14.4 Å². The van der Waals surface area contributed by atoms with Crippen LogP contribution in [0, 0.1) is 6.92 Å². The highest BCUT2D eigenvalue weighted by Gasteiger charge is 2.40. The lowest BCUT2D eigenvalue weighted by Gasteiger charge is -2.26. The molecule has 1 saturated heterocycles. The molecule has 0 radical (unpaired) electrons. The summed E-state index contributed by atoms with van der Waals surface area (Å²) in [6.45, 7) is 1.90. The van der Waals surface area contributed by atoms with E-state index in [1.165, 1.54) is 4.90 Å². The minimum atomic E-state index is -0.906. The SMILES string of the molecule is Cc1cccc(N(C(=O)c2ccccc2)C2SC(=O)NC2=O)c1. The van der Waals surface area contributed by atoms with Crippen molar-refractivity contribution in [1.82, 2.24) is 5.32 Å². The van der Waals surface area contributed by atoms with Crippen LogP contribution in [0.1, 0.15) is 15.9 Å². The number of nitrogens with zero attached hydrogens (tertiary/aromatic N) is 1. The van der Waals surface area contributed by atoms with Gasteiger partial charge in [0.1, 0.15) is 0 Å². The molecule has 1 fully saturated rings. The van der Waals surface area contributed by atoms with Crippen molar-refractivity contribution in [2.45, 2.75) is 12.3 Å².